The van der Waals surface area contributed by atoms with Gasteiger partial charge in [0.1, 0.15) is 5.52 Å². The third kappa shape index (κ3) is 5.31. The summed E-state index contributed by atoms with van der Waals surface area (Å²) >= 11 is 6.21. The van der Waals surface area contributed by atoms with Crippen molar-refractivity contribution in [2.24, 2.45) is 0 Å². The first kappa shape index (κ1) is 25.1. The lowest BCUT2D eigenvalue weighted by Gasteiger charge is -2.26. The van der Waals surface area contributed by atoms with Crippen LogP contribution in [0.15, 0.2) is 41.3 Å². The highest BCUT2D eigenvalue weighted by atomic mass is 35.5. The van der Waals surface area contributed by atoms with Crippen molar-refractivity contribution in [3.05, 3.63) is 47.0 Å². The molecule has 1 saturated heterocycles. The zero-order valence-electron chi connectivity index (χ0n) is 19.4. The number of nitrogens with one attached hydrogen (secondary N) is 1. The van der Waals surface area contributed by atoms with Crippen molar-refractivity contribution in [2.75, 3.05) is 18.4 Å². The Morgan fingerprint density at radius 1 is 1.14 bits per heavy atom. The molecule has 1 aliphatic rings. The Morgan fingerprint density at radius 3 is 2.60 bits per heavy atom. The van der Waals surface area contributed by atoms with Crippen molar-refractivity contribution in [1.29, 1.82) is 0 Å². The summed E-state index contributed by atoms with van der Waals surface area (Å²) in [7, 11) is -3.71. The molecule has 35 heavy (non-hydrogen) atoms. The number of ether oxygens (including phenoxy) is 1. The van der Waals surface area contributed by atoms with Crippen molar-refractivity contribution >= 4 is 50.2 Å². The summed E-state index contributed by atoms with van der Waals surface area (Å²) in [6.07, 6.45) is 1.45. The van der Waals surface area contributed by atoms with Crippen LogP contribution in [0.25, 0.3) is 11.0 Å². The van der Waals surface area contributed by atoms with Crippen molar-refractivity contribution in [2.45, 2.75) is 50.7 Å². The zero-order valence-corrected chi connectivity index (χ0v) is 21.0. The van der Waals surface area contributed by atoms with Crippen LogP contribution >= 0.6 is 11.6 Å². The number of anilines is 1. The molecule has 0 aliphatic carbocycles. The number of hydrogen-bond donors (Lipinski definition) is 1. The molecule has 1 aromatic heterocycles. The van der Waals surface area contributed by atoms with E-state index in [1.165, 1.54) is 29.4 Å². The SMILES string of the molecule is CCn1nnc2cc(C(=O)OC(C)C(=O)Nc3cc(S(=O)(=O)N4CCCCC4)ccc3Cl)ccc21. The molecule has 0 radical (unpaired) electrons. The molecule has 0 saturated carbocycles. The number of benzene rings is 2. The standard InChI is InChI=1S/C23H26ClN5O5S/c1-3-29-21-10-7-16(13-20(21)26-27-29)23(31)34-15(2)22(30)25-19-14-17(8-9-18(19)24)35(32,33)28-11-5-4-6-12-28/h7-10,13-15H,3-6,11-12H2,1-2H3,(H,25,30). The number of rotatable bonds is 7. The van der Waals surface area contributed by atoms with Gasteiger partial charge >= 0.3 is 5.97 Å². The van der Waals surface area contributed by atoms with Gasteiger partial charge in [-0.05, 0) is 63.1 Å². The smallest absolute Gasteiger partial charge is 0.338 e. The number of aryl methyl sites for hydroxylation is 1. The zero-order chi connectivity index (χ0) is 25.2. The van der Waals surface area contributed by atoms with Crippen LogP contribution in [0.4, 0.5) is 5.69 Å². The lowest BCUT2D eigenvalue weighted by atomic mass is 10.2. The summed E-state index contributed by atoms with van der Waals surface area (Å²) in [5.41, 5.74) is 1.67. The topological polar surface area (TPSA) is 123 Å². The number of sulfonamides is 1. The molecule has 1 unspecified atom stereocenters. The molecule has 12 heteroatoms. The number of nitrogens with zero attached hydrogens (tertiary/aromatic N) is 4. The lowest BCUT2D eigenvalue weighted by molar-refractivity contribution is -0.123. The van der Waals surface area contributed by atoms with Crippen LogP contribution < -0.4 is 5.32 Å². The number of aromatic nitrogens is 3. The third-order valence-corrected chi connectivity index (χ3v) is 8.07. The summed E-state index contributed by atoms with van der Waals surface area (Å²) in [6.45, 7) is 4.91. The molecule has 1 amide bonds. The minimum Gasteiger partial charge on any atom is -0.449 e. The maximum absolute atomic E-state index is 13.0. The van der Waals surface area contributed by atoms with Gasteiger partial charge in [-0.25, -0.2) is 17.9 Å². The van der Waals surface area contributed by atoms with Gasteiger partial charge < -0.3 is 10.1 Å². The van der Waals surface area contributed by atoms with Crippen LogP contribution in [0.3, 0.4) is 0 Å². The molecule has 0 spiro atoms. The highest BCUT2D eigenvalue weighted by Crippen LogP contribution is 2.28. The Bertz CT molecular complexity index is 1370. The summed E-state index contributed by atoms with van der Waals surface area (Å²) in [4.78, 5) is 25.3. The predicted octanol–water partition coefficient (Wildman–Crippen LogP) is 3.46. The first-order chi connectivity index (χ1) is 16.7. The van der Waals surface area contributed by atoms with Gasteiger partial charge in [-0.3, -0.25) is 4.79 Å². The Kier molecular flexibility index (Phi) is 7.39. The number of carbonyl (C=O) groups excluding carboxylic acids is 2. The van der Waals surface area contributed by atoms with E-state index in [2.05, 4.69) is 15.6 Å². The fourth-order valence-electron chi connectivity index (χ4n) is 3.86. The highest BCUT2D eigenvalue weighted by Gasteiger charge is 2.27. The molecule has 2 heterocycles. The van der Waals surface area contributed by atoms with Gasteiger partial charge in [0, 0.05) is 19.6 Å². The summed E-state index contributed by atoms with van der Waals surface area (Å²) in [5, 5.41) is 10.8. The number of esters is 1. The molecule has 1 atom stereocenters. The van der Waals surface area contributed by atoms with Crippen LogP contribution in [-0.4, -0.2) is 58.8 Å². The molecule has 10 nitrogen and oxygen atoms in total. The number of halogens is 1. The number of carbonyl (C=O) groups is 2. The van der Waals surface area contributed by atoms with Crippen molar-refractivity contribution < 1.29 is 22.7 Å². The van der Waals surface area contributed by atoms with Gasteiger partial charge in [0.05, 0.1) is 26.7 Å². The van der Waals surface area contributed by atoms with E-state index in [1.54, 1.807) is 22.9 Å². The predicted molar refractivity (Wildman–Crippen MR) is 131 cm³/mol. The third-order valence-electron chi connectivity index (χ3n) is 5.85. The van der Waals surface area contributed by atoms with Crippen LogP contribution in [0.2, 0.25) is 5.02 Å². The second-order valence-electron chi connectivity index (χ2n) is 8.25. The van der Waals surface area contributed by atoms with Crippen molar-refractivity contribution in [3.8, 4) is 0 Å². The molecule has 3 aromatic rings. The van der Waals surface area contributed by atoms with Gasteiger partial charge in [0.25, 0.3) is 5.91 Å². The first-order valence-corrected chi connectivity index (χ1v) is 13.2. The van der Waals surface area contributed by atoms with E-state index in [0.717, 1.165) is 24.8 Å². The number of hydrogen-bond acceptors (Lipinski definition) is 7. The quantitative estimate of drug-likeness (QED) is 0.474. The first-order valence-electron chi connectivity index (χ1n) is 11.4. The van der Waals surface area contributed by atoms with Crippen molar-refractivity contribution in [3.63, 3.8) is 0 Å². The van der Waals surface area contributed by atoms with E-state index >= 15 is 0 Å². The fourth-order valence-corrected chi connectivity index (χ4v) is 5.57. The fraction of sp³-hybridized carbons (Fsp3) is 0.391. The van der Waals surface area contributed by atoms with E-state index in [1.807, 2.05) is 6.92 Å². The van der Waals surface area contributed by atoms with Gasteiger partial charge in [-0.2, -0.15) is 4.31 Å². The monoisotopic (exact) mass is 519 g/mol. The molecule has 1 aliphatic heterocycles. The van der Waals surface area contributed by atoms with E-state index in [-0.39, 0.29) is 21.2 Å². The molecular weight excluding hydrogens is 494 g/mol. The van der Waals surface area contributed by atoms with Crippen LogP contribution in [0.5, 0.6) is 0 Å². The Hall–Kier alpha value is -3.02. The molecule has 1 N–H and O–H groups in total. The maximum Gasteiger partial charge on any atom is 0.338 e. The lowest BCUT2D eigenvalue weighted by Crippen LogP contribution is -2.35. The second kappa shape index (κ2) is 10.3. The molecule has 186 valence electrons. The second-order valence-corrected chi connectivity index (χ2v) is 10.6. The van der Waals surface area contributed by atoms with Crippen LogP contribution in [-0.2, 0) is 26.1 Å². The highest BCUT2D eigenvalue weighted by molar-refractivity contribution is 7.89. The van der Waals surface area contributed by atoms with E-state index in [0.29, 0.717) is 25.2 Å². The Balaban J connectivity index is 1.45. The number of piperidine rings is 1. The summed E-state index contributed by atoms with van der Waals surface area (Å²) in [6, 6.07) is 9.00. The minimum absolute atomic E-state index is 0.0391. The van der Waals surface area contributed by atoms with Crippen LogP contribution in [0.1, 0.15) is 43.5 Å². The molecular formula is C23H26ClN5O5S. The van der Waals surface area contributed by atoms with Crippen LogP contribution in [0, 0.1) is 0 Å². The Morgan fingerprint density at radius 2 is 1.89 bits per heavy atom. The van der Waals surface area contributed by atoms with Gasteiger partial charge in [-0.15, -0.1) is 5.10 Å². The van der Waals surface area contributed by atoms with Gasteiger partial charge in [0.15, 0.2) is 6.10 Å². The maximum atomic E-state index is 13.0. The van der Waals surface area contributed by atoms with Gasteiger partial charge in [-0.1, -0.05) is 23.2 Å². The summed E-state index contributed by atoms with van der Waals surface area (Å²) in [5.74, 6) is -1.35. The van der Waals surface area contributed by atoms with E-state index in [9.17, 15) is 18.0 Å². The van der Waals surface area contributed by atoms with Crippen molar-refractivity contribution in [1.82, 2.24) is 19.3 Å². The molecule has 1 fully saturated rings. The number of amides is 1. The Labute approximate surface area is 208 Å². The normalized spacial score (nSPS) is 15.6. The molecule has 0 bridgehead atoms. The molecule has 2 aromatic carbocycles. The number of fused-ring (bicyclic) bond motifs is 1. The average molecular weight is 520 g/mol. The minimum atomic E-state index is -3.71. The molecule has 4 rings (SSSR count). The summed E-state index contributed by atoms with van der Waals surface area (Å²) < 4.78 is 34.4. The largest absolute Gasteiger partial charge is 0.449 e. The average Bonchev–Trinajstić information content (AvgIpc) is 3.28. The van der Waals surface area contributed by atoms with Gasteiger partial charge in [0.2, 0.25) is 10.0 Å². The van der Waals surface area contributed by atoms with E-state index in [4.69, 9.17) is 16.3 Å². The van der Waals surface area contributed by atoms with E-state index < -0.39 is 28.0 Å².